The normalized spacial score (nSPS) is 31.9. The number of methoxy groups -OCH3 is 1. The minimum Gasteiger partial charge on any atom is -0.397 e. The van der Waals surface area contributed by atoms with Crippen molar-refractivity contribution in [3.8, 4) is 0 Å². The topological polar surface area (TPSA) is 87.3 Å². The fourth-order valence-corrected chi connectivity index (χ4v) is 4.68. The number of nitrogen functional groups attached to an aromatic ring is 3. The minimum atomic E-state index is 0.503. The van der Waals surface area contributed by atoms with Gasteiger partial charge in [-0.1, -0.05) is 0 Å². The maximum atomic E-state index is 5.98. The summed E-state index contributed by atoms with van der Waals surface area (Å²) in [7, 11) is 1.85. The molecule has 2 aliphatic rings. The summed E-state index contributed by atoms with van der Waals surface area (Å²) in [5, 5.41) is 0. The monoisotopic (exact) mass is 317 g/mol. The molecule has 128 valence electrons. The second-order valence-electron chi connectivity index (χ2n) is 7.50. The van der Waals surface area contributed by atoms with Crippen molar-refractivity contribution in [3.05, 3.63) is 17.7 Å². The smallest absolute Gasteiger partial charge is 0.0781 e. The summed E-state index contributed by atoms with van der Waals surface area (Å²) in [6, 6.07) is 4.06. The first-order chi connectivity index (χ1) is 11.1. The van der Waals surface area contributed by atoms with Crippen molar-refractivity contribution >= 4 is 17.1 Å². The Labute approximate surface area is 139 Å². The van der Waals surface area contributed by atoms with Gasteiger partial charge in [0.25, 0.3) is 0 Å². The molecule has 23 heavy (non-hydrogen) atoms. The van der Waals surface area contributed by atoms with Crippen molar-refractivity contribution < 1.29 is 4.74 Å². The molecule has 2 aliphatic carbocycles. The van der Waals surface area contributed by atoms with Gasteiger partial charge in [-0.05, 0) is 86.8 Å². The van der Waals surface area contributed by atoms with E-state index in [1.807, 2.05) is 19.2 Å². The Morgan fingerprint density at radius 1 is 0.783 bits per heavy atom. The van der Waals surface area contributed by atoms with Crippen LogP contribution in [-0.2, 0) is 4.74 Å². The lowest BCUT2D eigenvalue weighted by Crippen LogP contribution is -2.27. The third-order valence-electron chi connectivity index (χ3n) is 6.23. The van der Waals surface area contributed by atoms with E-state index in [2.05, 4.69) is 0 Å². The van der Waals surface area contributed by atoms with Crippen molar-refractivity contribution in [3.63, 3.8) is 0 Å². The van der Waals surface area contributed by atoms with Gasteiger partial charge in [0.15, 0.2) is 0 Å². The lowest BCUT2D eigenvalue weighted by atomic mass is 9.69. The zero-order chi connectivity index (χ0) is 16.4. The molecule has 0 atom stereocenters. The highest BCUT2D eigenvalue weighted by molar-refractivity contribution is 5.78. The highest BCUT2D eigenvalue weighted by atomic mass is 16.5. The van der Waals surface area contributed by atoms with Crippen molar-refractivity contribution in [2.75, 3.05) is 24.3 Å². The molecule has 0 bridgehead atoms. The average Bonchev–Trinajstić information content (AvgIpc) is 2.59. The molecular weight excluding hydrogens is 286 g/mol. The first-order valence-corrected chi connectivity index (χ1v) is 9.05. The summed E-state index contributed by atoms with van der Waals surface area (Å²) in [6.45, 7) is 0. The van der Waals surface area contributed by atoms with Gasteiger partial charge in [0, 0.05) is 7.11 Å². The van der Waals surface area contributed by atoms with Crippen LogP contribution in [0.3, 0.4) is 0 Å². The summed E-state index contributed by atoms with van der Waals surface area (Å²) in [4.78, 5) is 0. The van der Waals surface area contributed by atoms with Crippen molar-refractivity contribution in [2.45, 2.75) is 63.4 Å². The fourth-order valence-electron chi connectivity index (χ4n) is 4.68. The quantitative estimate of drug-likeness (QED) is 0.738. The summed E-state index contributed by atoms with van der Waals surface area (Å²) in [6.07, 6.45) is 10.8. The average molecular weight is 317 g/mol. The molecule has 0 heterocycles. The van der Waals surface area contributed by atoms with Gasteiger partial charge in [-0.3, -0.25) is 0 Å². The van der Waals surface area contributed by atoms with Crippen LogP contribution >= 0.6 is 0 Å². The Bertz CT molecular complexity index is 506. The van der Waals surface area contributed by atoms with Crippen molar-refractivity contribution in [2.24, 2.45) is 11.8 Å². The Balaban J connectivity index is 1.56. The van der Waals surface area contributed by atoms with Gasteiger partial charge in [0.05, 0.1) is 23.2 Å². The number of hydrogen-bond acceptors (Lipinski definition) is 4. The predicted octanol–water partition coefficient (Wildman–Crippen LogP) is 3.91. The van der Waals surface area contributed by atoms with Gasteiger partial charge < -0.3 is 21.9 Å². The SMILES string of the molecule is COC1CCC(C2CCC(c3cc(N)c(N)c(N)c3)CC2)CC1. The van der Waals surface area contributed by atoms with Crippen LogP contribution < -0.4 is 17.2 Å². The zero-order valence-corrected chi connectivity index (χ0v) is 14.3. The van der Waals surface area contributed by atoms with Crippen LogP contribution in [0.5, 0.6) is 0 Å². The van der Waals surface area contributed by atoms with Crippen LogP contribution in [0.15, 0.2) is 12.1 Å². The molecular formula is C19H31N3O. The van der Waals surface area contributed by atoms with E-state index in [4.69, 9.17) is 21.9 Å². The van der Waals surface area contributed by atoms with E-state index in [0.717, 1.165) is 11.8 Å². The maximum Gasteiger partial charge on any atom is 0.0781 e. The molecule has 1 aromatic carbocycles. The van der Waals surface area contributed by atoms with E-state index in [1.54, 1.807) is 0 Å². The Kier molecular flexibility index (Phi) is 5.00. The van der Waals surface area contributed by atoms with E-state index in [9.17, 15) is 0 Å². The van der Waals surface area contributed by atoms with Gasteiger partial charge >= 0.3 is 0 Å². The second kappa shape index (κ2) is 7.00. The highest BCUT2D eigenvalue weighted by Gasteiger charge is 2.31. The summed E-state index contributed by atoms with van der Waals surface area (Å²) >= 11 is 0. The molecule has 0 amide bonds. The number of benzene rings is 1. The van der Waals surface area contributed by atoms with Crippen LogP contribution in [0.4, 0.5) is 17.1 Å². The van der Waals surface area contributed by atoms with Crippen LogP contribution in [-0.4, -0.2) is 13.2 Å². The van der Waals surface area contributed by atoms with E-state index in [-0.39, 0.29) is 0 Å². The lowest BCUT2D eigenvalue weighted by molar-refractivity contribution is 0.0410. The van der Waals surface area contributed by atoms with Gasteiger partial charge in [0.1, 0.15) is 0 Å². The largest absolute Gasteiger partial charge is 0.397 e. The molecule has 2 fully saturated rings. The third kappa shape index (κ3) is 3.57. The first-order valence-electron chi connectivity index (χ1n) is 9.05. The molecule has 0 radical (unpaired) electrons. The van der Waals surface area contributed by atoms with Crippen LogP contribution in [0, 0.1) is 11.8 Å². The van der Waals surface area contributed by atoms with E-state index < -0.39 is 0 Å². The molecule has 1 aromatic rings. The number of ether oxygens (including phenoxy) is 1. The Morgan fingerprint density at radius 2 is 1.26 bits per heavy atom. The highest BCUT2D eigenvalue weighted by Crippen LogP contribution is 2.44. The fraction of sp³-hybridized carbons (Fsp3) is 0.684. The molecule has 0 aliphatic heterocycles. The molecule has 0 unspecified atom stereocenters. The Hall–Kier alpha value is -1.42. The summed E-state index contributed by atoms with van der Waals surface area (Å²) < 4.78 is 5.50. The second-order valence-corrected chi connectivity index (χ2v) is 7.50. The first kappa shape index (κ1) is 16.4. The van der Waals surface area contributed by atoms with Crippen LogP contribution in [0.1, 0.15) is 62.8 Å². The summed E-state index contributed by atoms with van der Waals surface area (Å²) in [5.74, 6) is 2.39. The van der Waals surface area contributed by atoms with E-state index >= 15 is 0 Å². The molecule has 0 spiro atoms. The van der Waals surface area contributed by atoms with Crippen molar-refractivity contribution in [1.82, 2.24) is 0 Å². The molecule has 6 N–H and O–H groups in total. The van der Waals surface area contributed by atoms with E-state index in [0.29, 0.717) is 29.1 Å². The summed E-state index contributed by atoms with van der Waals surface area (Å²) in [5.41, 5.74) is 20.9. The number of rotatable bonds is 3. The van der Waals surface area contributed by atoms with Crippen LogP contribution in [0.25, 0.3) is 0 Å². The van der Waals surface area contributed by atoms with Gasteiger partial charge in [-0.15, -0.1) is 0 Å². The standard InChI is InChI=1S/C19H31N3O/c1-23-16-8-6-13(7-9-16)12-2-4-14(5-3-12)15-10-17(20)19(22)18(21)11-15/h10-14,16H,2-9,20-22H2,1H3. The number of anilines is 3. The lowest BCUT2D eigenvalue weighted by Gasteiger charge is -2.37. The van der Waals surface area contributed by atoms with E-state index in [1.165, 1.54) is 56.9 Å². The Morgan fingerprint density at radius 3 is 1.74 bits per heavy atom. The zero-order valence-electron chi connectivity index (χ0n) is 14.3. The number of nitrogens with two attached hydrogens (primary N) is 3. The van der Waals surface area contributed by atoms with Crippen LogP contribution in [0.2, 0.25) is 0 Å². The van der Waals surface area contributed by atoms with Gasteiger partial charge in [0.2, 0.25) is 0 Å². The minimum absolute atomic E-state index is 0.503. The maximum absolute atomic E-state index is 5.98. The van der Waals surface area contributed by atoms with Gasteiger partial charge in [-0.25, -0.2) is 0 Å². The third-order valence-corrected chi connectivity index (χ3v) is 6.23. The molecule has 4 nitrogen and oxygen atoms in total. The molecule has 3 rings (SSSR count). The molecule has 4 heteroatoms. The number of hydrogen-bond donors (Lipinski definition) is 3. The molecule has 2 saturated carbocycles. The van der Waals surface area contributed by atoms with Gasteiger partial charge in [-0.2, -0.15) is 0 Å². The van der Waals surface area contributed by atoms with Crippen molar-refractivity contribution in [1.29, 1.82) is 0 Å². The molecule has 0 aromatic heterocycles. The predicted molar refractivity (Wildman–Crippen MR) is 97.1 cm³/mol. The molecule has 0 saturated heterocycles.